The number of nitrogens with one attached hydrogen (secondary N) is 4. The zero-order valence-corrected chi connectivity index (χ0v) is 27.8. The first-order chi connectivity index (χ1) is 24.2. The van der Waals surface area contributed by atoms with Crippen molar-refractivity contribution >= 4 is 58.4 Å². The first-order valence-corrected chi connectivity index (χ1v) is 15.7. The fourth-order valence-corrected chi connectivity index (χ4v) is 4.94. The minimum absolute atomic E-state index is 0.0324. The second-order valence-electron chi connectivity index (χ2n) is 11.5. The van der Waals surface area contributed by atoms with E-state index in [-0.39, 0.29) is 30.3 Å². The van der Waals surface area contributed by atoms with Gasteiger partial charge < -0.3 is 30.7 Å². The summed E-state index contributed by atoms with van der Waals surface area (Å²) in [5, 5.41) is 15.4. The summed E-state index contributed by atoms with van der Waals surface area (Å²) in [7, 11) is 2.75. The van der Waals surface area contributed by atoms with E-state index in [2.05, 4.69) is 41.3 Å². The van der Waals surface area contributed by atoms with Gasteiger partial charge in [0.15, 0.2) is 6.61 Å². The van der Waals surface area contributed by atoms with Crippen molar-refractivity contribution < 1.29 is 41.8 Å². The Morgan fingerprint density at radius 1 is 0.980 bits per heavy atom. The smallest absolute Gasteiger partial charge is 0.422 e. The molecule has 1 atom stereocenters. The molecule has 2 amide bonds. The SMILES string of the molecule is COC(=O)[C@H](CCC(=O)C(=O)Nc1cnn(C)c1)NC(=O)c1ccc(Nc2nc(NC3(c4ccc(Cl)cc4)CC3)nc(OCC(F)(F)F)n2)cc1. The molecule has 19 heteroatoms. The maximum atomic E-state index is 13.0. The highest BCUT2D eigenvalue weighted by Crippen LogP contribution is 2.48. The molecular weight excluding hydrogens is 699 g/mol. The number of benzene rings is 2. The maximum absolute atomic E-state index is 13.0. The number of methoxy groups -OCH3 is 1. The van der Waals surface area contributed by atoms with Crippen molar-refractivity contribution in [2.75, 3.05) is 29.7 Å². The Bertz CT molecular complexity index is 1900. The maximum Gasteiger partial charge on any atom is 0.422 e. The fourth-order valence-electron chi connectivity index (χ4n) is 4.82. The summed E-state index contributed by atoms with van der Waals surface area (Å²) in [5.41, 5.74) is 1.11. The molecule has 0 aliphatic heterocycles. The van der Waals surface area contributed by atoms with Crippen molar-refractivity contribution in [3.8, 4) is 6.01 Å². The Morgan fingerprint density at radius 3 is 2.27 bits per heavy atom. The number of carbonyl (C=O) groups excluding carboxylic acids is 4. The van der Waals surface area contributed by atoms with Crippen LogP contribution in [0, 0.1) is 0 Å². The van der Waals surface area contributed by atoms with Crippen LogP contribution in [0.5, 0.6) is 6.01 Å². The van der Waals surface area contributed by atoms with Gasteiger partial charge in [0.25, 0.3) is 11.8 Å². The highest BCUT2D eigenvalue weighted by Gasteiger charge is 2.45. The Balaban J connectivity index is 1.24. The van der Waals surface area contributed by atoms with E-state index in [0.717, 1.165) is 12.7 Å². The average Bonchev–Trinajstić information content (AvgIpc) is 3.76. The number of Topliss-reactive ketones (excluding diaryl/α,β-unsaturated/α-hetero) is 1. The topological polar surface area (TPSA) is 191 Å². The average molecular weight is 730 g/mol. The van der Waals surface area contributed by atoms with Gasteiger partial charge in [-0.25, -0.2) is 4.79 Å². The Hall–Kier alpha value is -5.78. The third-order valence-corrected chi connectivity index (χ3v) is 7.80. The molecule has 2 aromatic carbocycles. The fraction of sp³-hybridized carbons (Fsp3) is 0.312. The lowest BCUT2D eigenvalue weighted by atomic mass is 10.1. The van der Waals surface area contributed by atoms with E-state index in [1.54, 1.807) is 19.2 Å². The van der Waals surface area contributed by atoms with Crippen LogP contribution >= 0.6 is 11.6 Å². The first-order valence-electron chi connectivity index (χ1n) is 15.3. The molecule has 1 saturated carbocycles. The standard InChI is InChI=1S/C32H31ClF3N9O6/c1-45-16-22(15-37-45)38-26(48)24(46)12-11-23(27(49)50-2)40-25(47)18-3-9-21(10-4-18)39-28-41-29(43-30(42-28)51-17-32(34,35)36)44-31(13-14-31)19-5-7-20(33)8-6-19/h3-10,15-16,23H,11-14,17H2,1-2H3,(H,38,48)(H,40,47)(H2,39,41,42,43,44)/t23-/m0/s1. The highest BCUT2D eigenvalue weighted by atomic mass is 35.5. The summed E-state index contributed by atoms with van der Waals surface area (Å²) in [6.45, 7) is -1.62. The molecule has 0 spiro atoms. The van der Waals surface area contributed by atoms with Crippen LogP contribution in [0.1, 0.15) is 41.6 Å². The largest absolute Gasteiger partial charge is 0.467 e. The Morgan fingerprint density at radius 2 is 1.67 bits per heavy atom. The number of amides is 2. The second-order valence-corrected chi connectivity index (χ2v) is 11.9. The lowest BCUT2D eigenvalue weighted by Crippen LogP contribution is -2.42. The van der Waals surface area contributed by atoms with Crippen LogP contribution in [-0.2, 0) is 31.7 Å². The van der Waals surface area contributed by atoms with E-state index >= 15 is 0 Å². The van der Waals surface area contributed by atoms with Gasteiger partial charge in [-0.1, -0.05) is 23.7 Å². The number of hydrogen-bond donors (Lipinski definition) is 4. The molecule has 0 radical (unpaired) electrons. The number of aromatic nitrogens is 5. The molecule has 0 saturated heterocycles. The van der Waals surface area contributed by atoms with E-state index in [4.69, 9.17) is 21.1 Å². The van der Waals surface area contributed by atoms with Crippen LogP contribution < -0.4 is 26.0 Å². The van der Waals surface area contributed by atoms with Crippen LogP contribution in [0.4, 0.5) is 36.4 Å². The van der Waals surface area contributed by atoms with Gasteiger partial charge in [-0.2, -0.15) is 33.2 Å². The molecule has 268 valence electrons. The molecule has 15 nitrogen and oxygen atoms in total. The summed E-state index contributed by atoms with van der Waals surface area (Å²) in [6.07, 6.45) is -0.944. The number of hydrogen-bond acceptors (Lipinski definition) is 12. The van der Waals surface area contributed by atoms with Crippen LogP contribution in [0.2, 0.25) is 5.02 Å². The highest BCUT2D eigenvalue weighted by molar-refractivity contribution is 6.40. The van der Waals surface area contributed by atoms with E-state index in [0.29, 0.717) is 29.2 Å². The molecule has 0 unspecified atom stereocenters. The van der Waals surface area contributed by atoms with Crippen molar-refractivity contribution in [1.82, 2.24) is 30.0 Å². The lowest BCUT2D eigenvalue weighted by Gasteiger charge is -2.19. The molecule has 2 heterocycles. The van der Waals surface area contributed by atoms with Crippen molar-refractivity contribution in [3.05, 3.63) is 77.1 Å². The quantitative estimate of drug-likeness (QED) is 0.100. The second kappa shape index (κ2) is 15.4. The number of nitrogens with zero attached hydrogens (tertiary/aromatic N) is 5. The predicted octanol–water partition coefficient (Wildman–Crippen LogP) is 4.30. The molecule has 5 rings (SSSR count). The minimum Gasteiger partial charge on any atom is -0.467 e. The monoisotopic (exact) mass is 729 g/mol. The number of alkyl halides is 3. The van der Waals surface area contributed by atoms with Gasteiger partial charge in [-0.3, -0.25) is 19.1 Å². The molecule has 51 heavy (non-hydrogen) atoms. The summed E-state index contributed by atoms with van der Waals surface area (Å²) in [4.78, 5) is 62.3. The van der Waals surface area contributed by atoms with Gasteiger partial charge in [-0.05, 0) is 61.2 Å². The third kappa shape index (κ3) is 10.1. The molecule has 2 aromatic heterocycles. The van der Waals surface area contributed by atoms with Gasteiger partial charge in [-0.15, -0.1) is 0 Å². The van der Waals surface area contributed by atoms with Crippen LogP contribution in [0.25, 0.3) is 0 Å². The van der Waals surface area contributed by atoms with Crippen LogP contribution in [0.15, 0.2) is 60.9 Å². The predicted molar refractivity (Wildman–Crippen MR) is 176 cm³/mol. The molecule has 4 N–H and O–H groups in total. The molecule has 1 aliphatic rings. The molecule has 1 aliphatic carbocycles. The number of esters is 1. The zero-order chi connectivity index (χ0) is 36.8. The normalized spacial score (nSPS) is 13.8. The van der Waals surface area contributed by atoms with Gasteiger partial charge >= 0.3 is 18.2 Å². The van der Waals surface area contributed by atoms with Gasteiger partial charge in [0, 0.05) is 35.9 Å². The van der Waals surface area contributed by atoms with Crippen LogP contribution in [0.3, 0.4) is 0 Å². The number of ether oxygens (including phenoxy) is 2. The van der Waals surface area contributed by atoms with E-state index < -0.39 is 53.9 Å². The van der Waals surface area contributed by atoms with E-state index in [1.807, 2.05) is 12.1 Å². The van der Waals surface area contributed by atoms with Gasteiger partial charge in [0.2, 0.25) is 17.7 Å². The lowest BCUT2D eigenvalue weighted by molar-refractivity contribution is -0.154. The molecule has 1 fully saturated rings. The number of carbonyl (C=O) groups is 4. The Labute approximate surface area is 293 Å². The summed E-state index contributed by atoms with van der Waals surface area (Å²) in [5.74, 6) is -3.41. The molecule has 0 bridgehead atoms. The van der Waals surface area contributed by atoms with E-state index in [1.165, 1.54) is 41.3 Å². The number of aryl methyl sites for hydroxylation is 1. The third-order valence-electron chi connectivity index (χ3n) is 7.55. The first kappa shape index (κ1) is 36.5. The summed E-state index contributed by atoms with van der Waals surface area (Å²) >= 11 is 6.02. The minimum atomic E-state index is -4.64. The van der Waals surface area contributed by atoms with Crippen LogP contribution in [-0.4, -0.2) is 74.2 Å². The zero-order valence-electron chi connectivity index (χ0n) is 27.1. The summed E-state index contributed by atoms with van der Waals surface area (Å²) < 4.78 is 49.8. The molecule has 4 aromatic rings. The van der Waals surface area contributed by atoms with Gasteiger partial charge in [0.05, 0.1) is 24.5 Å². The number of halogens is 4. The van der Waals surface area contributed by atoms with E-state index in [9.17, 15) is 32.3 Å². The van der Waals surface area contributed by atoms with Gasteiger partial charge in [0.1, 0.15) is 6.04 Å². The summed E-state index contributed by atoms with van der Waals surface area (Å²) in [6, 6.07) is 11.0. The van der Waals surface area contributed by atoms with Crippen molar-refractivity contribution in [3.63, 3.8) is 0 Å². The molecular formula is C32H31ClF3N9O6. The number of ketones is 1. The van der Waals surface area contributed by atoms with Crippen molar-refractivity contribution in [2.45, 2.75) is 43.4 Å². The van der Waals surface area contributed by atoms with Crippen molar-refractivity contribution in [1.29, 1.82) is 0 Å². The van der Waals surface area contributed by atoms with Crippen molar-refractivity contribution in [2.24, 2.45) is 7.05 Å². The number of anilines is 4. The number of rotatable bonds is 15. The Kier molecular flexibility index (Phi) is 11.0.